The minimum atomic E-state index is 0.127. The van der Waals surface area contributed by atoms with E-state index in [9.17, 15) is 0 Å². The molecule has 3 aromatic rings. The van der Waals surface area contributed by atoms with Crippen molar-refractivity contribution in [3.63, 3.8) is 0 Å². The van der Waals surface area contributed by atoms with E-state index < -0.39 is 0 Å². The number of anilines is 2. The molecule has 0 radical (unpaired) electrons. The Kier molecular flexibility index (Phi) is 7.76. The van der Waals surface area contributed by atoms with Crippen molar-refractivity contribution in [2.45, 2.75) is 25.9 Å². The van der Waals surface area contributed by atoms with Crippen molar-refractivity contribution in [1.29, 1.82) is 0 Å². The topological polar surface area (TPSA) is 48.1 Å². The third-order valence-electron chi connectivity index (χ3n) is 4.69. The van der Waals surface area contributed by atoms with E-state index >= 15 is 0 Å². The molecule has 0 aliphatic carbocycles. The van der Waals surface area contributed by atoms with Crippen molar-refractivity contribution in [1.82, 2.24) is 10.6 Å². The van der Waals surface area contributed by atoms with Gasteiger partial charge in [-0.05, 0) is 73.7 Å². The van der Waals surface area contributed by atoms with Gasteiger partial charge in [0.15, 0.2) is 10.2 Å². The quantitative estimate of drug-likeness (QED) is 0.369. The predicted octanol–water partition coefficient (Wildman–Crippen LogP) is 5.78. The van der Waals surface area contributed by atoms with Crippen molar-refractivity contribution in [3.8, 4) is 0 Å². The fourth-order valence-corrected chi connectivity index (χ4v) is 3.60. The normalized spacial score (nSPS) is 12.3. The lowest BCUT2D eigenvalue weighted by molar-refractivity contribution is 0.722. The van der Waals surface area contributed by atoms with E-state index in [1.165, 1.54) is 11.1 Å². The van der Waals surface area contributed by atoms with Gasteiger partial charge in [-0.2, -0.15) is 0 Å². The smallest absolute Gasteiger partial charge is 0.171 e. The van der Waals surface area contributed by atoms with Crippen LogP contribution in [0.3, 0.4) is 0 Å². The highest BCUT2D eigenvalue weighted by molar-refractivity contribution is 7.80. The average molecular weight is 435 g/mol. The summed E-state index contributed by atoms with van der Waals surface area (Å²) >= 11 is 10.9. The van der Waals surface area contributed by atoms with Crippen LogP contribution in [-0.2, 0) is 0 Å². The lowest BCUT2D eigenvalue weighted by Crippen LogP contribution is -2.31. The van der Waals surface area contributed by atoms with Gasteiger partial charge in [-0.15, -0.1) is 0 Å². The van der Waals surface area contributed by atoms with Crippen molar-refractivity contribution in [2.75, 3.05) is 10.6 Å². The molecule has 0 fully saturated rings. The van der Waals surface area contributed by atoms with Gasteiger partial charge in [-0.3, -0.25) is 0 Å². The first-order chi connectivity index (χ1) is 14.5. The zero-order valence-corrected chi connectivity index (χ0v) is 18.7. The van der Waals surface area contributed by atoms with Crippen LogP contribution in [0.25, 0.3) is 0 Å². The zero-order valence-electron chi connectivity index (χ0n) is 17.1. The predicted molar refractivity (Wildman–Crippen MR) is 135 cm³/mol. The third-order valence-corrected chi connectivity index (χ3v) is 5.13. The van der Waals surface area contributed by atoms with E-state index in [-0.39, 0.29) is 12.1 Å². The van der Waals surface area contributed by atoms with Crippen LogP contribution >= 0.6 is 24.4 Å². The summed E-state index contributed by atoms with van der Waals surface area (Å²) in [6.07, 6.45) is 0. The van der Waals surface area contributed by atoms with E-state index in [2.05, 4.69) is 59.4 Å². The van der Waals surface area contributed by atoms with E-state index in [0.29, 0.717) is 10.2 Å². The number of benzene rings is 3. The van der Waals surface area contributed by atoms with Crippen LogP contribution in [0, 0.1) is 0 Å². The molecular weight excluding hydrogens is 408 g/mol. The van der Waals surface area contributed by atoms with Crippen LogP contribution in [0.2, 0.25) is 0 Å². The molecule has 0 bridgehead atoms. The molecule has 2 atom stereocenters. The molecule has 0 amide bonds. The maximum atomic E-state index is 5.44. The summed E-state index contributed by atoms with van der Waals surface area (Å²) < 4.78 is 0. The van der Waals surface area contributed by atoms with Crippen LogP contribution in [0.15, 0.2) is 84.9 Å². The molecule has 154 valence electrons. The van der Waals surface area contributed by atoms with Crippen molar-refractivity contribution < 1.29 is 0 Å². The molecule has 30 heavy (non-hydrogen) atoms. The van der Waals surface area contributed by atoms with Gasteiger partial charge in [0.25, 0.3) is 0 Å². The number of thiocarbonyl (C=S) groups is 2. The van der Waals surface area contributed by atoms with Crippen molar-refractivity contribution in [3.05, 3.63) is 96.1 Å². The van der Waals surface area contributed by atoms with Gasteiger partial charge in [0, 0.05) is 11.4 Å². The van der Waals surface area contributed by atoms with Crippen molar-refractivity contribution >= 4 is 46.0 Å². The van der Waals surface area contributed by atoms with E-state index in [1.807, 2.05) is 60.7 Å². The van der Waals surface area contributed by atoms with Gasteiger partial charge in [-0.1, -0.05) is 60.7 Å². The Morgan fingerprint density at radius 2 is 0.900 bits per heavy atom. The SMILES string of the molecule is C[C@@H](NC(=S)Nc1ccc(NC(=S)N[C@H](C)c2ccccc2)cc1)c1ccccc1. The summed E-state index contributed by atoms with van der Waals surface area (Å²) in [5.74, 6) is 0. The molecule has 0 unspecified atom stereocenters. The maximum absolute atomic E-state index is 5.44. The molecule has 0 saturated heterocycles. The summed E-state index contributed by atoms with van der Waals surface area (Å²) in [5.41, 5.74) is 4.20. The number of nitrogens with one attached hydrogen (secondary N) is 4. The second-order valence-electron chi connectivity index (χ2n) is 7.04. The Hall–Kier alpha value is -2.96. The summed E-state index contributed by atoms with van der Waals surface area (Å²) in [5, 5.41) is 14.2. The first-order valence-corrected chi connectivity index (χ1v) is 10.7. The van der Waals surface area contributed by atoms with Crippen LogP contribution in [0.4, 0.5) is 11.4 Å². The molecule has 0 aliphatic rings. The van der Waals surface area contributed by atoms with E-state index in [1.54, 1.807) is 0 Å². The Bertz CT molecular complexity index is 879. The van der Waals surface area contributed by atoms with Gasteiger partial charge in [0.05, 0.1) is 12.1 Å². The second-order valence-corrected chi connectivity index (χ2v) is 7.86. The molecule has 4 N–H and O–H groups in total. The molecule has 0 aliphatic heterocycles. The molecule has 4 nitrogen and oxygen atoms in total. The Morgan fingerprint density at radius 1 is 0.567 bits per heavy atom. The van der Waals surface area contributed by atoms with Crippen molar-refractivity contribution in [2.24, 2.45) is 0 Å². The highest BCUT2D eigenvalue weighted by Crippen LogP contribution is 2.16. The lowest BCUT2D eigenvalue weighted by atomic mass is 10.1. The van der Waals surface area contributed by atoms with Crippen LogP contribution in [0.5, 0.6) is 0 Å². The van der Waals surface area contributed by atoms with Gasteiger partial charge in [-0.25, -0.2) is 0 Å². The molecule has 6 heteroatoms. The number of hydrogen-bond acceptors (Lipinski definition) is 2. The van der Waals surface area contributed by atoms with E-state index in [0.717, 1.165) is 11.4 Å². The number of hydrogen-bond donors (Lipinski definition) is 4. The molecule has 0 aromatic heterocycles. The van der Waals surface area contributed by atoms with Crippen LogP contribution in [0.1, 0.15) is 37.1 Å². The number of rotatable bonds is 6. The molecule has 3 rings (SSSR count). The lowest BCUT2D eigenvalue weighted by Gasteiger charge is -2.18. The fraction of sp³-hybridized carbons (Fsp3) is 0.167. The largest absolute Gasteiger partial charge is 0.356 e. The molecule has 0 saturated carbocycles. The van der Waals surface area contributed by atoms with Crippen LogP contribution in [-0.4, -0.2) is 10.2 Å². The fourth-order valence-electron chi connectivity index (χ4n) is 3.01. The van der Waals surface area contributed by atoms with Crippen LogP contribution < -0.4 is 21.3 Å². The van der Waals surface area contributed by atoms with Gasteiger partial charge in [0.2, 0.25) is 0 Å². The Balaban J connectivity index is 1.48. The molecule has 0 spiro atoms. The monoisotopic (exact) mass is 434 g/mol. The third kappa shape index (κ3) is 6.54. The van der Waals surface area contributed by atoms with Gasteiger partial charge < -0.3 is 21.3 Å². The average Bonchev–Trinajstić information content (AvgIpc) is 2.76. The molecular formula is C24H26N4S2. The zero-order chi connectivity index (χ0) is 21.3. The summed E-state index contributed by atoms with van der Waals surface area (Å²) in [7, 11) is 0. The standard InChI is InChI=1S/C24H26N4S2/c1-17(19-9-5-3-6-10-19)25-23(29)27-21-13-15-22(16-14-21)28-24(30)26-18(2)20-11-7-4-8-12-20/h3-18H,1-2H3,(H2,25,27,29)(H2,26,28,30)/t17-,18-/m1/s1. The minimum Gasteiger partial charge on any atom is -0.356 e. The highest BCUT2D eigenvalue weighted by Gasteiger charge is 2.08. The summed E-state index contributed by atoms with van der Waals surface area (Å²) in [4.78, 5) is 0. The molecule has 0 heterocycles. The van der Waals surface area contributed by atoms with Gasteiger partial charge in [0.1, 0.15) is 0 Å². The van der Waals surface area contributed by atoms with E-state index in [4.69, 9.17) is 24.4 Å². The second kappa shape index (κ2) is 10.7. The molecule has 3 aromatic carbocycles. The Labute approximate surface area is 189 Å². The first kappa shape index (κ1) is 21.7. The minimum absolute atomic E-state index is 0.127. The maximum Gasteiger partial charge on any atom is 0.171 e. The summed E-state index contributed by atoms with van der Waals surface area (Å²) in [6.45, 7) is 4.17. The summed E-state index contributed by atoms with van der Waals surface area (Å²) in [6, 6.07) is 28.5. The Morgan fingerprint density at radius 3 is 1.23 bits per heavy atom. The highest BCUT2D eigenvalue weighted by atomic mass is 32.1. The first-order valence-electron chi connectivity index (χ1n) is 9.86. The van der Waals surface area contributed by atoms with Gasteiger partial charge >= 0.3 is 0 Å².